The predicted octanol–water partition coefficient (Wildman–Crippen LogP) is 1.57. The standard InChI is InChI=1S/C10H18O2/c1-3-9-8(4-5-12-9)10(11)6-7(10)2/h7-9,11H,3-6H2,1-2H3. The molecule has 1 saturated carbocycles. The Hall–Kier alpha value is -0.0800. The molecule has 1 aliphatic carbocycles. The quantitative estimate of drug-likeness (QED) is 0.681. The van der Waals surface area contributed by atoms with Crippen molar-refractivity contribution in [3.05, 3.63) is 0 Å². The van der Waals surface area contributed by atoms with E-state index in [9.17, 15) is 5.11 Å². The first-order valence-corrected chi connectivity index (χ1v) is 5.02. The van der Waals surface area contributed by atoms with Gasteiger partial charge in [0, 0.05) is 12.5 Å². The molecule has 12 heavy (non-hydrogen) atoms. The van der Waals surface area contributed by atoms with E-state index in [1.807, 2.05) is 0 Å². The minimum absolute atomic E-state index is 0.319. The van der Waals surface area contributed by atoms with Gasteiger partial charge in [0.15, 0.2) is 0 Å². The molecule has 0 bridgehead atoms. The van der Waals surface area contributed by atoms with Gasteiger partial charge in [-0.15, -0.1) is 0 Å². The highest BCUT2D eigenvalue weighted by Crippen LogP contribution is 2.53. The lowest BCUT2D eigenvalue weighted by atomic mass is 9.90. The third kappa shape index (κ3) is 1.09. The molecule has 4 unspecified atom stereocenters. The van der Waals surface area contributed by atoms with E-state index in [4.69, 9.17) is 4.74 Å². The molecular weight excluding hydrogens is 152 g/mol. The first-order chi connectivity index (χ1) is 5.68. The third-order valence-corrected chi connectivity index (χ3v) is 3.58. The highest BCUT2D eigenvalue weighted by molar-refractivity contribution is 5.08. The number of ether oxygens (including phenoxy) is 1. The summed E-state index contributed by atoms with van der Waals surface area (Å²) >= 11 is 0. The predicted molar refractivity (Wildman–Crippen MR) is 46.9 cm³/mol. The fourth-order valence-electron chi connectivity index (χ4n) is 2.57. The van der Waals surface area contributed by atoms with Crippen molar-refractivity contribution in [2.24, 2.45) is 11.8 Å². The second-order valence-corrected chi connectivity index (χ2v) is 4.31. The highest BCUT2D eigenvalue weighted by Gasteiger charge is 2.58. The molecule has 2 heteroatoms. The van der Waals surface area contributed by atoms with Crippen LogP contribution in [-0.4, -0.2) is 23.4 Å². The molecule has 2 nitrogen and oxygen atoms in total. The van der Waals surface area contributed by atoms with Crippen molar-refractivity contribution < 1.29 is 9.84 Å². The molecule has 2 aliphatic rings. The summed E-state index contributed by atoms with van der Waals surface area (Å²) in [5, 5.41) is 10.1. The first kappa shape index (κ1) is 8.52. The average molecular weight is 170 g/mol. The number of rotatable bonds is 2. The Morgan fingerprint density at radius 2 is 2.25 bits per heavy atom. The van der Waals surface area contributed by atoms with E-state index in [1.165, 1.54) is 0 Å². The Balaban J connectivity index is 2.03. The van der Waals surface area contributed by atoms with E-state index in [0.29, 0.717) is 17.9 Å². The van der Waals surface area contributed by atoms with E-state index >= 15 is 0 Å². The van der Waals surface area contributed by atoms with Gasteiger partial charge in [-0.05, 0) is 25.2 Å². The van der Waals surface area contributed by atoms with Crippen LogP contribution in [0.25, 0.3) is 0 Å². The van der Waals surface area contributed by atoms with E-state index < -0.39 is 0 Å². The summed E-state index contributed by atoms with van der Waals surface area (Å²) < 4.78 is 5.57. The molecule has 2 rings (SSSR count). The molecule has 0 aromatic carbocycles. The number of hydrogen-bond acceptors (Lipinski definition) is 2. The van der Waals surface area contributed by atoms with Gasteiger partial charge in [-0.3, -0.25) is 0 Å². The van der Waals surface area contributed by atoms with Gasteiger partial charge in [-0.25, -0.2) is 0 Å². The second kappa shape index (κ2) is 2.71. The van der Waals surface area contributed by atoms with Crippen LogP contribution >= 0.6 is 0 Å². The van der Waals surface area contributed by atoms with Gasteiger partial charge in [0.05, 0.1) is 11.7 Å². The third-order valence-electron chi connectivity index (χ3n) is 3.58. The smallest absolute Gasteiger partial charge is 0.0731 e. The zero-order chi connectivity index (χ0) is 8.77. The van der Waals surface area contributed by atoms with Crippen molar-refractivity contribution in [3.63, 3.8) is 0 Å². The second-order valence-electron chi connectivity index (χ2n) is 4.31. The van der Waals surface area contributed by atoms with Gasteiger partial charge < -0.3 is 9.84 Å². The van der Waals surface area contributed by atoms with Crippen molar-refractivity contribution >= 4 is 0 Å². The Morgan fingerprint density at radius 1 is 1.58 bits per heavy atom. The summed E-state index contributed by atoms with van der Waals surface area (Å²) in [6, 6.07) is 0. The molecule has 0 radical (unpaired) electrons. The topological polar surface area (TPSA) is 29.5 Å². The summed E-state index contributed by atoms with van der Waals surface area (Å²) in [5.41, 5.74) is -0.364. The lowest BCUT2D eigenvalue weighted by Crippen LogP contribution is -2.31. The van der Waals surface area contributed by atoms with Crippen LogP contribution in [0.5, 0.6) is 0 Å². The number of aliphatic hydroxyl groups is 1. The van der Waals surface area contributed by atoms with Gasteiger partial charge in [0.1, 0.15) is 0 Å². The van der Waals surface area contributed by atoms with Crippen LogP contribution in [0.1, 0.15) is 33.1 Å². The fourth-order valence-corrected chi connectivity index (χ4v) is 2.57. The summed E-state index contributed by atoms with van der Waals surface area (Å²) in [4.78, 5) is 0. The minimum atomic E-state index is -0.364. The first-order valence-electron chi connectivity index (χ1n) is 5.02. The van der Waals surface area contributed by atoms with Gasteiger partial charge in [-0.1, -0.05) is 13.8 Å². The molecule has 0 amide bonds. The Bertz CT molecular complexity index is 181. The SMILES string of the molecule is CCC1OCCC1C1(O)CC1C. The zero-order valence-corrected chi connectivity index (χ0v) is 7.92. The van der Waals surface area contributed by atoms with Crippen LogP contribution in [0, 0.1) is 11.8 Å². The van der Waals surface area contributed by atoms with Crippen molar-refractivity contribution in [1.29, 1.82) is 0 Å². The van der Waals surface area contributed by atoms with Crippen LogP contribution in [0.4, 0.5) is 0 Å². The maximum atomic E-state index is 10.1. The highest BCUT2D eigenvalue weighted by atomic mass is 16.5. The fraction of sp³-hybridized carbons (Fsp3) is 1.00. The van der Waals surface area contributed by atoms with Crippen LogP contribution in [0.15, 0.2) is 0 Å². The van der Waals surface area contributed by atoms with Crippen molar-refractivity contribution in [1.82, 2.24) is 0 Å². The van der Waals surface area contributed by atoms with E-state index in [0.717, 1.165) is 25.9 Å². The van der Waals surface area contributed by atoms with Crippen LogP contribution < -0.4 is 0 Å². The molecule has 4 atom stereocenters. The Morgan fingerprint density at radius 3 is 2.75 bits per heavy atom. The van der Waals surface area contributed by atoms with E-state index in [-0.39, 0.29) is 5.60 Å². The normalized spacial score (nSPS) is 52.8. The van der Waals surface area contributed by atoms with Crippen molar-refractivity contribution in [2.75, 3.05) is 6.61 Å². The van der Waals surface area contributed by atoms with Crippen LogP contribution in [0.3, 0.4) is 0 Å². The molecule has 0 spiro atoms. The minimum Gasteiger partial charge on any atom is -0.389 e. The molecule has 1 heterocycles. The van der Waals surface area contributed by atoms with Gasteiger partial charge in [-0.2, -0.15) is 0 Å². The lowest BCUT2D eigenvalue weighted by molar-refractivity contribution is 0.00930. The molecule has 0 aromatic heterocycles. The van der Waals surface area contributed by atoms with Crippen LogP contribution in [0.2, 0.25) is 0 Å². The van der Waals surface area contributed by atoms with E-state index in [1.54, 1.807) is 0 Å². The molecule has 1 saturated heterocycles. The largest absolute Gasteiger partial charge is 0.389 e. The lowest BCUT2D eigenvalue weighted by Gasteiger charge is -2.22. The summed E-state index contributed by atoms with van der Waals surface area (Å²) in [5.74, 6) is 0.913. The van der Waals surface area contributed by atoms with Crippen LogP contribution in [-0.2, 0) is 4.74 Å². The molecule has 70 valence electrons. The number of hydrogen-bond donors (Lipinski definition) is 1. The molecule has 0 aromatic rings. The monoisotopic (exact) mass is 170 g/mol. The maximum Gasteiger partial charge on any atom is 0.0731 e. The van der Waals surface area contributed by atoms with Crippen molar-refractivity contribution in [2.45, 2.75) is 44.8 Å². The Kier molecular flexibility index (Phi) is 1.92. The van der Waals surface area contributed by atoms with Gasteiger partial charge >= 0.3 is 0 Å². The Labute approximate surface area is 73.9 Å². The summed E-state index contributed by atoms with van der Waals surface area (Å²) in [6.07, 6.45) is 3.40. The zero-order valence-electron chi connectivity index (χ0n) is 7.92. The molecular formula is C10H18O2. The maximum absolute atomic E-state index is 10.1. The molecule has 1 aliphatic heterocycles. The molecule has 2 fully saturated rings. The molecule has 1 N–H and O–H groups in total. The summed E-state index contributed by atoms with van der Waals surface area (Å²) in [7, 11) is 0. The van der Waals surface area contributed by atoms with E-state index in [2.05, 4.69) is 13.8 Å². The van der Waals surface area contributed by atoms with Gasteiger partial charge in [0.25, 0.3) is 0 Å². The van der Waals surface area contributed by atoms with Gasteiger partial charge in [0.2, 0.25) is 0 Å². The summed E-state index contributed by atoms with van der Waals surface area (Å²) in [6.45, 7) is 5.11. The van der Waals surface area contributed by atoms with Crippen molar-refractivity contribution in [3.8, 4) is 0 Å². The average Bonchev–Trinajstić information content (AvgIpc) is 2.56.